The number of carbonyl (C=O) groups is 1. The number of carboxylic acid groups (broad SMARTS) is 1. The molecule has 6 nitrogen and oxygen atoms in total. The molecular weight excluding hydrogens is 294 g/mol. The van der Waals surface area contributed by atoms with Crippen LogP contribution in [0.15, 0.2) is 29.2 Å². The summed E-state index contributed by atoms with van der Waals surface area (Å²) in [6.45, 7) is 6.02. The van der Waals surface area contributed by atoms with E-state index in [4.69, 9.17) is 4.74 Å². The third-order valence-electron chi connectivity index (χ3n) is 3.85. The fourth-order valence-electron chi connectivity index (χ4n) is 1.63. The number of sulfonamides is 1. The maximum absolute atomic E-state index is 12.5. The molecule has 0 saturated carbocycles. The first-order valence-corrected chi connectivity index (χ1v) is 7.84. The number of benzene rings is 1. The molecule has 0 bridgehead atoms. The Morgan fingerprint density at radius 3 is 2.19 bits per heavy atom. The topological polar surface area (TPSA) is 92.7 Å². The standard InChI is InChI=1S/C14H21NO5S/c1-13(2,12(16)17)14(3,4)15-21(18,19)11-9-7-6-8-10(11)20-5/h6-9,15H,1-5H3,(H,16,17). The van der Waals surface area contributed by atoms with Crippen LogP contribution in [0.4, 0.5) is 0 Å². The molecule has 0 aliphatic carbocycles. The molecule has 0 aliphatic rings. The summed E-state index contributed by atoms with van der Waals surface area (Å²) in [5.41, 5.74) is -2.49. The van der Waals surface area contributed by atoms with Gasteiger partial charge in [0.25, 0.3) is 0 Å². The Hall–Kier alpha value is -1.60. The third kappa shape index (κ3) is 3.36. The van der Waals surface area contributed by atoms with Crippen LogP contribution in [0.25, 0.3) is 0 Å². The summed E-state index contributed by atoms with van der Waals surface area (Å²) >= 11 is 0. The van der Waals surface area contributed by atoms with Crippen LogP contribution in [0.3, 0.4) is 0 Å². The summed E-state index contributed by atoms with van der Waals surface area (Å²) in [5, 5.41) is 9.29. The first-order chi connectivity index (χ1) is 9.45. The molecule has 1 aromatic carbocycles. The van der Waals surface area contributed by atoms with Crippen molar-refractivity contribution in [2.75, 3.05) is 7.11 Å². The van der Waals surface area contributed by atoms with Crippen molar-refractivity contribution in [3.8, 4) is 5.75 Å². The van der Waals surface area contributed by atoms with Crippen LogP contribution < -0.4 is 9.46 Å². The Morgan fingerprint density at radius 2 is 1.71 bits per heavy atom. The first-order valence-electron chi connectivity index (χ1n) is 6.36. The molecule has 0 atom stereocenters. The van der Waals surface area contributed by atoms with Crippen molar-refractivity contribution < 1.29 is 23.1 Å². The third-order valence-corrected chi connectivity index (χ3v) is 5.54. The van der Waals surface area contributed by atoms with Crippen LogP contribution in [-0.4, -0.2) is 32.1 Å². The second kappa shape index (κ2) is 5.65. The Bertz CT molecular complexity index is 635. The van der Waals surface area contributed by atoms with Crippen molar-refractivity contribution in [2.45, 2.75) is 38.1 Å². The number of aliphatic carboxylic acids is 1. The van der Waals surface area contributed by atoms with Gasteiger partial charge in [-0.05, 0) is 39.8 Å². The minimum absolute atomic E-state index is 0.0261. The van der Waals surface area contributed by atoms with Crippen LogP contribution in [0.5, 0.6) is 5.75 Å². The van der Waals surface area contributed by atoms with Crippen molar-refractivity contribution in [2.24, 2.45) is 5.41 Å². The predicted octanol–water partition coefficient (Wildman–Crippen LogP) is 1.86. The zero-order valence-electron chi connectivity index (χ0n) is 12.8. The monoisotopic (exact) mass is 315 g/mol. The highest BCUT2D eigenvalue weighted by molar-refractivity contribution is 7.89. The number of rotatable bonds is 6. The average Bonchev–Trinajstić information content (AvgIpc) is 2.37. The van der Waals surface area contributed by atoms with Crippen LogP contribution in [-0.2, 0) is 14.8 Å². The van der Waals surface area contributed by atoms with Crippen molar-refractivity contribution in [1.29, 1.82) is 0 Å². The fourth-order valence-corrected chi connectivity index (χ4v) is 3.34. The van der Waals surface area contributed by atoms with E-state index in [-0.39, 0.29) is 10.6 Å². The van der Waals surface area contributed by atoms with Crippen molar-refractivity contribution in [3.63, 3.8) is 0 Å². The van der Waals surface area contributed by atoms with Crippen LogP contribution in [0, 0.1) is 5.41 Å². The molecule has 7 heteroatoms. The van der Waals surface area contributed by atoms with Gasteiger partial charge in [0.05, 0.1) is 12.5 Å². The van der Waals surface area contributed by atoms with Crippen molar-refractivity contribution >= 4 is 16.0 Å². The van der Waals surface area contributed by atoms with Crippen LogP contribution in [0.1, 0.15) is 27.7 Å². The highest BCUT2D eigenvalue weighted by atomic mass is 32.2. The van der Waals surface area contributed by atoms with Crippen molar-refractivity contribution in [1.82, 2.24) is 4.72 Å². The van der Waals surface area contributed by atoms with E-state index in [1.807, 2.05) is 0 Å². The lowest BCUT2D eigenvalue weighted by Gasteiger charge is -2.38. The Balaban J connectivity index is 3.25. The quantitative estimate of drug-likeness (QED) is 0.836. The van der Waals surface area contributed by atoms with Gasteiger partial charge >= 0.3 is 5.97 Å². The van der Waals surface area contributed by atoms with Gasteiger partial charge < -0.3 is 9.84 Å². The predicted molar refractivity (Wildman–Crippen MR) is 78.8 cm³/mol. The van der Waals surface area contributed by atoms with E-state index in [2.05, 4.69) is 4.72 Å². The SMILES string of the molecule is COc1ccccc1S(=O)(=O)NC(C)(C)C(C)(C)C(=O)O. The lowest BCUT2D eigenvalue weighted by molar-refractivity contribution is -0.150. The molecular formula is C14H21NO5S. The van der Waals surface area contributed by atoms with E-state index in [0.717, 1.165) is 0 Å². The molecule has 1 aromatic rings. The number of methoxy groups -OCH3 is 1. The van der Waals surface area contributed by atoms with Crippen molar-refractivity contribution in [3.05, 3.63) is 24.3 Å². The lowest BCUT2D eigenvalue weighted by atomic mass is 9.75. The highest BCUT2D eigenvalue weighted by Crippen LogP contribution is 2.33. The summed E-state index contributed by atoms with van der Waals surface area (Å²) in [6.07, 6.45) is 0. The zero-order valence-corrected chi connectivity index (χ0v) is 13.6. The average molecular weight is 315 g/mol. The van der Waals surface area contributed by atoms with E-state index in [0.29, 0.717) is 0 Å². The molecule has 21 heavy (non-hydrogen) atoms. The maximum atomic E-state index is 12.5. The van der Waals surface area contributed by atoms with Gasteiger partial charge in [-0.3, -0.25) is 4.79 Å². The Morgan fingerprint density at radius 1 is 1.19 bits per heavy atom. The number of hydrogen-bond donors (Lipinski definition) is 2. The normalized spacial score (nSPS) is 13.0. The fraction of sp³-hybridized carbons (Fsp3) is 0.500. The first kappa shape index (κ1) is 17.5. The van der Waals surface area contributed by atoms with E-state index >= 15 is 0 Å². The molecule has 1 rings (SSSR count). The largest absolute Gasteiger partial charge is 0.495 e. The Labute approximate surface area is 125 Å². The van der Waals surface area contributed by atoms with Gasteiger partial charge in [0.1, 0.15) is 10.6 Å². The molecule has 0 spiro atoms. The summed E-state index contributed by atoms with van der Waals surface area (Å²) < 4.78 is 32.5. The zero-order chi connectivity index (χ0) is 16.5. The number of para-hydroxylation sites is 1. The number of carboxylic acids is 1. The minimum Gasteiger partial charge on any atom is -0.495 e. The number of nitrogens with one attached hydrogen (secondary N) is 1. The van der Waals surface area contributed by atoms with E-state index in [9.17, 15) is 18.3 Å². The van der Waals surface area contributed by atoms with Gasteiger partial charge in [0.15, 0.2) is 0 Å². The second-order valence-electron chi connectivity index (χ2n) is 5.81. The summed E-state index contributed by atoms with van der Waals surface area (Å²) in [5.74, 6) is -0.885. The van der Waals surface area contributed by atoms with E-state index in [1.54, 1.807) is 12.1 Å². The molecule has 0 saturated heterocycles. The molecule has 0 aliphatic heterocycles. The highest BCUT2D eigenvalue weighted by Gasteiger charge is 2.46. The Kier molecular flexibility index (Phi) is 4.70. The lowest BCUT2D eigenvalue weighted by Crippen LogP contribution is -2.56. The maximum Gasteiger partial charge on any atom is 0.310 e. The molecule has 0 unspecified atom stereocenters. The smallest absolute Gasteiger partial charge is 0.310 e. The summed E-state index contributed by atoms with van der Waals surface area (Å²) in [4.78, 5) is 11.3. The van der Waals surface area contributed by atoms with Gasteiger partial charge in [-0.1, -0.05) is 12.1 Å². The second-order valence-corrected chi connectivity index (χ2v) is 7.46. The molecule has 118 valence electrons. The van der Waals surface area contributed by atoms with E-state index in [1.165, 1.54) is 46.9 Å². The van der Waals surface area contributed by atoms with Gasteiger partial charge in [-0.25, -0.2) is 13.1 Å². The summed E-state index contributed by atoms with van der Waals surface area (Å²) in [6, 6.07) is 6.17. The molecule has 0 heterocycles. The van der Waals surface area contributed by atoms with Gasteiger partial charge in [-0.2, -0.15) is 0 Å². The van der Waals surface area contributed by atoms with Gasteiger partial charge in [0.2, 0.25) is 10.0 Å². The molecule has 0 amide bonds. The number of hydrogen-bond acceptors (Lipinski definition) is 4. The van der Waals surface area contributed by atoms with E-state index < -0.39 is 26.9 Å². The van der Waals surface area contributed by atoms with Crippen LogP contribution >= 0.6 is 0 Å². The molecule has 0 radical (unpaired) electrons. The minimum atomic E-state index is -3.92. The molecule has 0 aromatic heterocycles. The number of ether oxygens (including phenoxy) is 1. The molecule has 2 N–H and O–H groups in total. The summed E-state index contributed by atoms with van der Waals surface area (Å²) in [7, 11) is -2.54. The molecule has 0 fully saturated rings. The van der Waals surface area contributed by atoms with Gasteiger partial charge in [-0.15, -0.1) is 0 Å². The van der Waals surface area contributed by atoms with Gasteiger partial charge in [0, 0.05) is 5.54 Å². The van der Waals surface area contributed by atoms with Crippen LogP contribution in [0.2, 0.25) is 0 Å².